The molecule has 0 aliphatic carbocycles. The molecule has 0 radical (unpaired) electrons. The summed E-state index contributed by atoms with van der Waals surface area (Å²) in [5.41, 5.74) is 12.3. The van der Waals surface area contributed by atoms with Gasteiger partial charge in [-0.1, -0.05) is 30.3 Å². The van der Waals surface area contributed by atoms with Gasteiger partial charge in [-0.05, 0) is 37.8 Å². The minimum absolute atomic E-state index is 0.183. The maximum atomic E-state index is 12.2. The van der Waals surface area contributed by atoms with Gasteiger partial charge in [0.25, 0.3) is 0 Å². The van der Waals surface area contributed by atoms with Crippen molar-refractivity contribution in [2.24, 2.45) is 0 Å². The van der Waals surface area contributed by atoms with Crippen molar-refractivity contribution in [3.63, 3.8) is 0 Å². The van der Waals surface area contributed by atoms with E-state index < -0.39 is 5.60 Å². The number of nitrogens with two attached hydrogens (primary N) is 2. The molecule has 1 aromatic heterocycles. The molecule has 3 aromatic rings. The van der Waals surface area contributed by atoms with E-state index in [0.717, 1.165) is 16.3 Å². The summed E-state index contributed by atoms with van der Waals surface area (Å²) in [7, 11) is 0. The fourth-order valence-electron chi connectivity index (χ4n) is 2.79. The molecule has 0 saturated carbocycles. The van der Waals surface area contributed by atoms with Gasteiger partial charge in [0.2, 0.25) is 0 Å². The second-order valence-corrected chi connectivity index (χ2v) is 7.24. The van der Waals surface area contributed by atoms with Crippen molar-refractivity contribution < 1.29 is 14.3 Å². The highest BCUT2D eigenvalue weighted by Gasteiger charge is 2.18. The zero-order valence-corrected chi connectivity index (χ0v) is 15.7. The van der Waals surface area contributed by atoms with Crippen LogP contribution in [0, 0.1) is 0 Å². The Morgan fingerprint density at radius 2 is 1.70 bits per heavy atom. The number of carbonyl (C=O) groups excluding carboxylic acids is 1. The average Bonchev–Trinajstić information content (AvgIpc) is 2.59. The Bertz CT molecular complexity index is 994. The summed E-state index contributed by atoms with van der Waals surface area (Å²) in [5, 5.41) is 1.79. The van der Waals surface area contributed by atoms with Gasteiger partial charge < -0.3 is 20.9 Å². The van der Waals surface area contributed by atoms with Gasteiger partial charge in [0, 0.05) is 17.6 Å². The lowest BCUT2D eigenvalue weighted by Gasteiger charge is -2.20. The molecule has 0 spiro atoms. The van der Waals surface area contributed by atoms with Gasteiger partial charge in [-0.25, -0.2) is 4.98 Å². The number of nitrogen functional groups attached to an aromatic ring is 2. The highest BCUT2D eigenvalue weighted by atomic mass is 16.6. The summed E-state index contributed by atoms with van der Waals surface area (Å²) >= 11 is 0. The summed E-state index contributed by atoms with van der Waals surface area (Å²) in [6.07, 6.45) is 1.72. The number of esters is 1. The van der Waals surface area contributed by atoms with Crippen LogP contribution in [0.4, 0.5) is 11.5 Å². The van der Waals surface area contributed by atoms with Gasteiger partial charge in [0.1, 0.15) is 22.9 Å². The third kappa shape index (κ3) is 4.28. The predicted molar refractivity (Wildman–Crippen MR) is 107 cm³/mol. The first-order valence-corrected chi connectivity index (χ1v) is 8.65. The van der Waals surface area contributed by atoms with E-state index in [1.165, 1.54) is 0 Å². The van der Waals surface area contributed by atoms with Crippen molar-refractivity contribution in [2.75, 3.05) is 11.5 Å². The zero-order valence-electron chi connectivity index (χ0n) is 15.7. The van der Waals surface area contributed by atoms with E-state index in [4.69, 9.17) is 20.9 Å². The van der Waals surface area contributed by atoms with Gasteiger partial charge in [0.15, 0.2) is 5.75 Å². The summed E-state index contributed by atoms with van der Waals surface area (Å²) in [5.74, 6) is 1.01. The third-order valence-corrected chi connectivity index (χ3v) is 3.93. The van der Waals surface area contributed by atoms with Crippen LogP contribution in [0.15, 0.2) is 48.7 Å². The SMILES string of the molecule is CC(C)(C)OC(=O)Cc1ccc(Oc2ccnc(N)c2N)c2ccccc12. The first kappa shape index (κ1) is 18.5. The van der Waals surface area contributed by atoms with Crippen LogP contribution in [0.25, 0.3) is 10.8 Å². The maximum Gasteiger partial charge on any atom is 0.310 e. The largest absolute Gasteiger partial charge is 0.460 e. The van der Waals surface area contributed by atoms with Crippen LogP contribution in [-0.2, 0) is 16.0 Å². The maximum absolute atomic E-state index is 12.2. The van der Waals surface area contributed by atoms with Crippen molar-refractivity contribution in [1.29, 1.82) is 0 Å². The topological polar surface area (TPSA) is 100 Å². The van der Waals surface area contributed by atoms with Crippen LogP contribution >= 0.6 is 0 Å². The van der Waals surface area contributed by atoms with E-state index in [2.05, 4.69) is 4.98 Å². The number of anilines is 2. The Morgan fingerprint density at radius 1 is 1.00 bits per heavy atom. The molecule has 0 saturated heterocycles. The molecule has 6 nitrogen and oxygen atoms in total. The average molecular weight is 365 g/mol. The normalized spacial score (nSPS) is 11.4. The number of rotatable bonds is 4. The van der Waals surface area contributed by atoms with Gasteiger partial charge in [-0.15, -0.1) is 0 Å². The number of pyridine rings is 1. The molecule has 1 heterocycles. The molecule has 0 aliphatic rings. The van der Waals surface area contributed by atoms with Crippen molar-refractivity contribution in [2.45, 2.75) is 32.8 Å². The second kappa shape index (κ2) is 7.15. The molecule has 6 heteroatoms. The lowest BCUT2D eigenvalue weighted by molar-refractivity contribution is -0.153. The van der Waals surface area contributed by atoms with E-state index in [1.54, 1.807) is 12.3 Å². The molecule has 27 heavy (non-hydrogen) atoms. The number of fused-ring (bicyclic) bond motifs is 1. The Hall–Kier alpha value is -3.28. The molecule has 0 aliphatic heterocycles. The van der Waals surface area contributed by atoms with Crippen molar-refractivity contribution in [1.82, 2.24) is 4.98 Å². The molecule has 0 fully saturated rings. The summed E-state index contributed by atoms with van der Waals surface area (Å²) in [6, 6.07) is 13.1. The number of hydrogen-bond donors (Lipinski definition) is 2. The number of aromatic nitrogens is 1. The van der Waals surface area contributed by atoms with Crippen LogP contribution in [-0.4, -0.2) is 16.6 Å². The Labute approximate surface area is 158 Å². The van der Waals surface area contributed by atoms with Crippen LogP contribution in [0.3, 0.4) is 0 Å². The van der Waals surface area contributed by atoms with E-state index >= 15 is 0 Å². The van der Waals surface area contributed by atoms with Crippen LogP contribution in [0.1, 0.15) is 26.3 Å². The lowest BCUT2D eigenvalue weighted by atomic mass is 10.0. The molecular weight excluding hydrogens is 342 g/mol. The second-order valence-electron chi connectivity index (χ2n) is 7.24. The van der Waals surface area contributed by atoms with E-state index in [9.17, 15) is 4.79 Å². The first-order valence-electron chi connectivity index (χ1n) is 8.65. The van der Waals surface area contributed by atoms with E-state index in [0.29, 0.717) is 17.2 Å². The molecule has 0 bridgehead atoms. The Morgan fingerprint density at radius 3 is 2.41 bits per heavy atom. The van der Waals surface area contributed by atoms with Crippen LogP contribution in [0.5, 0.6) is 11.5 Å². The predicted octanol–water partition coefficient (Wildman–Crippen LogP) is 4.08. The standard InChI is InChI=1S/C21H23N3O3/c1-21(2,3)27-18(25)12-13-8-9-16(15-7-5-4-6-14(13)15)26-17-10-11-24-20(23)19(17)22/h4-11H,12,22H2,1-3H3,(H2,23,24). The highest BCUT2D eigenvalue weighted by Crippen LogP contribution is 2.35. The molecule has 3 rings (SSSR count). The number of nitrogens with zero attached hydrogens (tertiary/aromatic N) is 1. The van der Waals surface area contributed by atoms with Gasteiger partial charge in [-0.2, -0.15) is 0 Å². The van der Waals surface area contributed by atoms with E-state index in [1.807, 2.05) is 57.2 Å². The van der Waals surface area contributed by atoms with Crippen molar-refractivity contribution >= 4 is 28.2 Å². The Kier molecular flexibility index (Phi) is 4.90. The van der Waals surface area contributed by atoms with Crippen molar-refractivity contribution in [3.8, 4) is 11.5 Å². The van der Waals surface area contributed by atoms with Gasteiger partial charge in [0.05, 0.1) is 6.42 Å². The molecule has 0 atom stereocenters. The zero-order chi connectivity index (χ0) is 19.6. The summed E-state index contributed by atoms with van der Waals surface area (Å²) in [6.45, 7) is 5.56. The quantitative estimate of drug-likeness (QED) is 0.676. The molecule has 4 N–H and O–H groups in total. The summed E-state index contributed by atoms with van der Waals surface area (Å²) in [4.78, 5) is 16.2. The van der Waals surface area contributed by atoms with Gasteiger partial charge >= 0.3 is 5.97 Å². The minimum Gasteiger partial charge on any atom is -0.460 e. The third-order valence-electron chi connectivity index (χ3n) is 3.93. The fourth-order valence-corrected chi connectivity index (χ4v) is 2.79. The Balaban J connectivity index is 1.96. The van der Waals surface area contributed by atoms with Crippen LogP contribution in [0.2, 0.25) is 0 Å². The first-order chi connectivity index (χ1) is 12.7. The number of ether oxygens (including phenoxy) is 2. The minimum atomic E-state index is -0.519. The number of carbonyl (C=O) groups is 1. The van der Waals surface area contributed by atoms with Crippen LogP contribution < -0.4 is 16.2 Å². The highest BCUT2D eigenvalue weighted by molar-refractivity contribution is 5.93. The van der Waals surface area contributed by atoms with Crippen molar-refractivity contribution in [3.05, 3.63) is 54.2 Å². The fraction of sp³-hybridized carbons (Fsp3) is 0.238. The van der Waals surface area contributed by atoms with E-state index in [-0.39, 0.29) is 18.2 Å². The monoisotopic (exact) mass is 365 g/mol. The molecular formula is C21H23N3O3. The molecule has 0 amide bonds. The summed E-state index contributed by atoms with van der Waals surface area (Å²) < 4.78 is 11.4. The molecule has 140 valence electrons. The molecule has 2 aromatic carbocycles. The molecule has 0 unspecified atom stereocenters. The lowest BCUT2D eigenvalue weighted by Crippen LogP contribution is -2.24. The van der Waals surface area contributed by atoms with Gasteiger partial charge in [-0.3, -0.25) is 4.79 Å². The number of hydrogen-bond acceptors (Lipinski definition) is 6. The smallest absolute Gasteiger partial charge is 0.310 e. The number of benzene rings is 2.